The zero-order valence-electron chi connectivity index (χ0n) is 12.2. The van der Waals surface area contributed by atoms with Crippen molar-refractivity contribution in [2.24, 2.45) is 0 Å². The van der Waals surface area contributed by atoms with Crippen molar-refractivity contribution >= 4 is 5.91 Å². The molecular formula is C14H29N3O. The van der Waals surface area contributed by atoms with E-state index in [1.807, 2.05) is 6.92 Å². The number of nitrogens with zero attached hydrogens (tertiary/aromatic N) is 1. The molecule has 0 aromatic carbocycles. The number of nitrogens with one attached hydrogen (secondary N) is 2. The van der Waals surface area contributed by atoms with Gasteiger partial charge in [-0.3, -0.25) is 9.69 Å². The Morgan fingerprint density at radius 2 is 1.89 bits per heavy atom. The Morgan fingerprint density at radius 1 is 1.22 bits per heavy atom. The van der Waals surface area contributed by atoms with Gasteiger partial charge in [0.25, 0.3) is 0 Å². The van der Waals surface area contributed by atoms with E-state index in [2.05, 4.69) is 29.4 Å². The van der Waals surface area contributed by atoms with E-state index >= 15 is 0 Å². The first-order valence-corrected chi connectivity index (χ1v) is 7.37. The molecular weight excluding hydrogens is 226 g/mol. The molecule has 0 radical (unpaired) electrons. The minimum absolute atomic E-state index is 0.107. The van der Waals surface area contributed by atoms with Crippen LogP contribution in [0.2, 0.25) is 0 Å². The quantitative estimate of drug-likeness (QED) is 0.722. The van der Waals surface area contributed by atoms with E-state index in [1.54, 1.807) is 0 Å². The molecule has 2 atom stereocenters. The number of carbonyl (C=O) groups is 1. The SMILES string of the molecule is CCC(C)NC(=O)CNCC(C)N1CCCCC1. The highest BCUT2D eigenvalue weighted by Gasteiger charge is 2.16. The van der Waals surface area contributed by atoms with E-state index in [0.29, 0.717) is 12.6 Å². The summed E-state index contributed by atoms with van der Waals surface area (Å²) in [6.45, 7) is 10.1. The van der Waals surface area contributed by atoms with Crippen LogP contribution in [-0.4, -0.2) is 49.1 Å². The molecule has 4 nitrogen and oxygen atoms in total. The number of rotatable bonds is 7. The first kappa shape index (κ1) is 15.4. The van der Waals surface area contributed by atoms with Gasteiger partial charge >= 0.3 is 0 Å². The average molecular weight is 255 g/mol. The molecule has 0 aromatic rings. The average Bonchev–Trinajstić information content (AvgIpc) is 2.39. The molecule has 1 amide bonds. The van der Waals surface area contributed by atoms with Crippen LogP contribution in [-0.2, 0) is 4.79 Å². The van der Waals surface area contributed by atoms with Crippen LogP contribution in [0.1, 0.15) is 46.5 Å². The highest BCUT2D eigenvalue weighted by molar-refractivity contribution is 5.78. The van der Waals surface area contributed by atoms with Crippen molar-refractivity contribution in [1.82, 2.24) is 15.5 Å². The van der Waals surface area contributed by atoms with Gasteiger partial charge in [0, 0.05) is 18.6 Å². The van der Waals surface area contributed by atoms with Crippen LogP contribution < -0.4 is 10.6 Å². The lowest BCUT2D eigenvalue weighted by Gasteiger charge is -2.32. The first-order valence-electron chi connectivity index (χ1n) is 7.37. The summed E-state index contributed by atoms with van der Waals surface area (Å²) in [6.07, 6.45) is 4.99. The van der Waals surface area contributed by atoms with Crippen molar-refractivity contribution in [1.29, 1.82) is 0 Å². The Bertz CT molecular complexity index is 239. The predicted molar refractivity (Wildman–Crippen MR) is 75.7 cm³/mol. The Balaban J connectivity index is 2.10. The van der Waals surface area contributed by atoms with Crippen LogP contribution in [0.5, 0.6) is 0 Å². The Morgan fingerprint density at radius 3 is 2.50 bits per heavy atom. The van der Waals surface area contributed by atoms with E-state index < -0.39 is 0 Å². The number of carbonyl (C=O) groups excluding carboxylic acids is 1. The third-order valence-corrected chi connectivity index (χ3v) is 3.76. The van der Waals surface area contributed by atoms with Crippen LogP contribution in [0.4, 0.5) is 0 Å². The van der Waals surface area contributed by atoms with Crippen molar-refractivity contribution in [2.75, 3.05) is 26.2 Å². The van der Waals surface area contributed by atoms with Gasteiger partial charge in [-0.2, -0.15) is 0 Å². The molecule has 4 heteroatoms. The van der Waals surface area contributed by atoms with Crippen LogP contribution in [0.3, 0.4) is 0 Å². The van der Waals surface area contributed by atoms with E-state index in [-0.39, 0.29) is 11.9 Å². The van der Waals surface area contributed by atoms with Gasteiger partial charge in [-0.1, -0.05) is 13.3 Å². The van der Waals surface area contributed by atoms with E-state index in [0.717, 1.165) is 13.0 Å². The van der Waals surface area contributed by atoms with Gasteiger partial charge in [0.1, 0.15) is 0 Å². The number of piperidine rings is 1. The zero-order valence-corrected chi connectivity index (χ0v) is 12.2. The summed E-state index contributed by atoms with van der Waals surface area (Å²) in [5.41, 5.74) is 0. The minimum atomic E-state index is 0.107. The normalized spacial score (nSPS) is 20.4. The second-order valence-corrected chi connectivity index (χ2v) is 5.45. The van der Waals surface area contributed by atoms with Gasteiger partial charge in [0.05, 0.1) is 6.54 Å². The predicted octanol–water partition coefficient (Wildman–Crippen LogP) is 1.37. The molecule has 1 rings (SSSR count). The van der Waals surface area contributed by atoms with Gasteiger partial charge in [-0.15, -0.1) is 0 Å². The molecule has 18 heavy (non-hydrogen) atoms. The lowest BCUT2D eigenvalue weighted by molar-refractivity contribution is -0.120. The molecule has 106 valence electrons. The molecule has 1 aliphatic rings. The fourth-order valence-corrected chi connectivity index (χ4v) is 2.31. The van der Waals surface area contributed by atoms with Gasteiger partial charge in [-0.05, 0) is 46.2 Å². The smallest absolute Gasteiger partial charge is 0.234 e. The molecule has 0 saturated carbocycles. The summed E-state index contributed by atoms with van der Waals surface area (Å²) in [6, 6.07) is 0.806. The number of hydrogen-bond donors (Lipinski definition) is 2. The molecule has 1 saturated heterocycles. The second-order valence-electron chi connectivity index (χ2n) is 5.45. The maximum absolute atomic E-state index is 11.6. The molecule has 0 spiro atoms. The van der Waals surface area contributed by atoms with Crippen molar-refractivity contribution in [3.8, 4) is 0 Å². The van der Waals surface area contributed by atoms with Crippen molar-refractivity contribution < 1.29 is 4.79 Å². The minimum Gasteiger partial charge on any atom is -0.353 e. The van der Waals surface area contributed by atoms with Crippen molar-refractivity contribution in [2.45, 2.75) is 58.5 Å². The summed E-state index contributed by atoms with van der Waals surface area (Å²) >= 11 is 0. The fourth-order valence-electron chi connectivity index (χ4n) is 2.31. The molecule has 1 fully saturated rings. The highest BCUT2D eigenvalue weighted by Crippen LogP contribution is 2.11. The summed E-state index contributed by atoms with van der Waals surface area (Å²) in [7, 11) is 0. The Kier molecular flexibility index (Phi) is 7.28. The van der Waals surface area contributed by atoms with Gasteiger partial charge in [0.15, 0.2) is 0 Å². The number of amides is 1. The highest BCUT2D eigenvalue weighted by atomic mass is 16.1. The lowest BCUT2D eigenvalue weighted by atomic mass is 10.1. The maximum atomic E-state index is 11.6. The molecule has 1 aliphatic heterocycles. The van der Waals surface area contributed by atoms with E-state index in [1.165, 1.54) is 32.4 Å². The molecule has 0 aromatic heterocycles. The van der Waals surface area contributed by atoms with Crippen molar-refractivity contribution in [3.05, 3.63) is 0 Å². The monoisotopic (exact) mass is 255 g/mol. The van der Waals surface area contributed by atoms with Crippen LogP contribution in [0.15, 0.2) is 0 Å². The molecule has 0 aliphatic carbocycles. The van der Waals surface area contributed by atoms with Gasteiger partial charge < -0.3 is 10.6 Å². The first-order chi connectivity index (χ1) is 8.63. The molecule has 0 bridgehead atoms. The summed E-state index contributed by atoms with van der Waals surface area (Å²) in [4.78, 5) is 14.1. The largest absolute Gasteiger partial charge is 0.353 e. The van der Waals surface area contributed by atoms with Gasteiger partial charge in [-0.25, -0.2) is 0 Å². The standard InChI is InChI=1S/C14H29N3O/c1-4-12(2)16-14(18)11-15-10-13(3)17-8-6-5-7-9-17/h12-13,15H,4-11H2,1-3H3,(H,16,18). The second kappa shape index (κ2) is 8.48. The summed E-state index contributed by atoms with van der Waals surface area (Å²) in [5, 5.41) is 6.23. The number of hydrogen-bond acceptors (Lipinski definition) is 3. The molecule has 2 N–H and O–H groups in total. The summed E-state index contributed by atoms with van der Waals surface area (Å²) < 4.78 is 0. The lowest BCUT2D eigenvalue weighted by Crippen LogP contribution is -2.46. The van der Waals surface area contributed by atoms with E-state index in [4.69, 9.17) is 0 Å². The van der Waals surface area contributed by atoms with Crippen LogP contribution >= 0.6 is 0 Å². The van der Waals surface area contributed by atoms with E-state index in [9.17, 15) is 4.79 Å². The zero-order chi connectivity index (χ0) is 13.4. The van der Waals surface area contributed by atoms with Crippen LogP contribution in [0, 0.1) is 0 Å². The van der Waals surface area contributed by atoms with Crippen LogP contribution in [0.25, 0.3) is 0 Å². The molecule has 2 unspecified atom stereocenters. The van der Waals surface area contributed by atoms with Crippen molar-refractivity contribution in [3.63, 3.8) is 0 Å². The third-order valence-electron chi connectivity index (χ3n) is 3.76. The Hall–Kier alpha value is -0.610. The Labute approximate surface area is 111 Å². The summed E-state index contributed by atoms with van der Waals surface area (Å²) in [5.74, 6) is 0.107. The topological polar surface area (TPSA) is 44.4 Å². The number of likely N-dealkylation sites (tertiary alicyclic amines) is 1. The van der Waals surface area contributed by atoms with Gasteiger partial charge in [0.2, 0.25) is 5.91 Å². The maximum Gasteiger partial charge on any atom is 0.234 e. The third kappa shape index (κ3) is 5.83. The molecule has 1 heterocycles. The fraction of sp³-hybridized carbons (Fsp3) is 0.929.